The van der Waals surface area contributed by atoms with E-state index in [1.807, 2.05) is 6.07 Å². The van der Waals surface area contributed by atoms with Crippen LogP contribution >= 0.6 is 0 Å². The number of carboxylic acid groups (broad SMARTS) is 1. The molecular formula is C15H21NO4. The average molecular weight is 279 g/mol. The molecule has 0 unspecified atom stereocenters. The first-order valence-corrected chi connectivity index (χ1v) is 6.91. The standard InChI is InChI=1S/C15H21NO4/c1-20-14-5-4-11(9-13(14)15(18)19)10-16-7-2-3-12(17)6-8-16/h4-5,9,12,17H,2-3,6-8,10H2,1H3,(H,18,19)/t12-/m0/s1. The lowest BCUT2D eigenvalue weighted by atomic mass is 10.1. The molecule has 1 aliphatic rings. The van der Waals surface area contributed by atoms with Gasteiger partial charge in [-0.2, -0.15) is 0 Å². The van der Waals surface area contributed by atoms with Gasteiger partial charge in [0, 0.05) is 13.1 Å². The summed E-state index contributed by atoms with van der Waals surface area (Å²) in [5, 5.41) is 18.8. The molecule has 1 aromatic rings. The predicted molar refractivity (Wildman–Crippen MR) is 75.1 cm³/mol. The third-order valence-electron chi connectivity index (χ3n) is 3.69. The van der Waals surface area contributed by atoms with Crippen LogP contribution in [0.2, 0.25) is 0 Å². The molecule has 1 saturated heterocycles. The zero-order valence-electron chi connectivity index (χ0n) is 11.7. The number of likely N-dealkylation sites (tertiary alicyclic amines) is 1. The Kier molecular flexibility index (Phi) is 4.98. The quantitative estimate of drug-likeness (QED) is 0.878. The molecule has 5 nitrogen and oxygen atoms in total. The Balaban J connectivity index is 2.09. The number of hydrogen-bond donors (Lipinski definition) is 2. The van der Waals surface area contributed by atoms with Crippen molar-refractivity contribution in [2.45, 2.75) is 31.9 Å². The van der Waals surface area contributed by atoms with Crippen molar-refractivity contribution in [1.29, 1.82) is 0 Å². The first-order valence-electron chi connectivity index (χ1n) is 6.91. The zero-order valence-corrected chi connectivity index (χ0v) is 11.7. The van der Waals surface area contributed by atoms with Crippen molar-refractivity contribution in [1.82, 2.24) is 4.90 Å². The molecule has 1 aromatic carbocycles. The molecule has 5 heteroatoms. The Bertz CT molecular complexity index is 475. The van der Waals surface area contributed by atoms with Gasteiger partial charge >= 0.3 is 5.97 Å². The van der Waals surface area contributed by atoms with Gasteiger partial charge in [-0.25, -0.2) is 4.79 Å². The average Bonchev–Trinajstić information content (AvgIpc) is 2.63. The van der Waals surface area contributed by atoms with Crippen molar-refractivity contribution in [3.8, 4) is 5.75 Å². The number of aliphatic hydroxyl groups is 1. The molecule has 20 heavy (non-hydrogen) atoms. The van der Waals surface area contributed by atoms with Gasteiger partial charge in [0.15, 0.2) is 0 Å². The van der Waals surface area contributed by atoms with Crippen LogP contribution in [0, 0.1) is 0 Å². The van der Waals surface area contributed by atoms with Gasteiger partial charge in [-0.15, -0.1) is 0 Å². The molecule has 2 N–H and O–H groups in total. The van der Waals surface area contributed by atoms with Crippen molar-refractivity contribution >= 4 is 5.97 Å². The Morgan fingerprint density at radius 1 is 1.40 bits per heavy atom. The minimum Gasteiger partial charge on any atom is -0.496 e. The molecule has 0 saturated carbocycles. The van der Waals surface area contributed by atoms with Crippen LogP contribution in [0.25, 0.3) is 0 Å². The van der Waals surface area contributed by atoms with Crippen LogP contribution in [0.5, 0.6) is 5.75 Å². The minimum absolute atomic E-state index is 0.194. The molecule has 1 aliphatic heterocycles. The van der Waals surface area contributed by atoms with E-state index in [-0.39, 0.29) is 11.7 Å². The van der Waals surface area contributed by atoms with Crippen molar-refractivity contribution in [2.75, 3.05) is 20.2 Å². The van der Waals surface area contributed by atoms with Crippen LogP contribution in [0.1, 0.15) is 35.2 Å². The largest absolute Gasteiger partial charge is 0.496 e. The van der Waals surface area contributed by atoms with Gasteiger partial charge < -0.3 is 14.9 Å². The molecule has 1 fully saturated rings. The van der Waals surface area contributed by atoms with Gasteiger partial charge in [-0.05, 0) is 43.5 Å². The lowest BCUT2D eigenvalue weighted by Crippen LogP contribution is -2.24. The van der Waals surface area contributed by atoms with Crippen LogP contribution in [0.3, 0.4) is 0 Å². The summed E-state index contributed by atoms with van der Waals surface area (Å²) in [5.41, 5.74) is 1.15. The molecule has 0 amide bonds. The highest BCUT2D eigenvalue weighted by Crippen LogP contribution is 2.21. The summed E-state index contributed by atoms with van der Waals surface area (Å²) in [7, 11) is 1.47. The molecule has 0 spiro atoms. The van der Waals surface area contributed by atoms with Crippen LogP contribution in [0.4, 0.5) is 0 Å². The Morgan fingerprint density at radius 2 is 2.20 bits per heavy atom. The second-order valence-electron chi connectivity index (χ2n) is 5.20. The van der Waals surface area contributed by atoms with Crippen molar-refractivity contribution in [3.63, 3.8) is 0 Å². The number of carbonyl (C=O) groups is 1. The van der Waals surface area contributed by atoms with Gasteiger partial charge in [-0.1, -0.05) is 6.07 Å². The van der Waals surface area contributed by atoms with Crippen LogP contribution in [-0.2, 0) is 6.54 Å². The highest BCUT2D eigenvalue weighted by Gasteiger charge is 2.17. The van der Waals surface area contributed by atoms with Gasteiger partial charge in [0.05, 0.1) is 13.2 Å². The highest BCUT2D eigenvalue weighted by atomic mass is 16.5. The SMILES string of the molecule is COc1ccc(CN2CCC[C@H](O)CC2)cc1C(=O)O. The molecular weight excluding hydrogens is 258 g/mol. The molecule has 110 valence electrons. The number of hydrogen-bond acceptors (Lipinski definition) is 4. The number of aliphatic hydroxyl groups excluding tert-OH is 1. The van der Waals surface area contributed by atoms with E-state index in [2.05, 4.69) is 4.90 Å². The Hall–Kier alpha value is -1.59. The topological polar surface area (TPSA) is 70.0 Å². The van der Waals surface area contributed by atoms with E-state index in [0.717, 1.165) is 37.9 Å². The lowest BCUT2D eigenvalue weighted by Gasteiger charge is -2.20. The fourth-order valence-electron chi connectivity index (χ4n) is 2.58. The van der Waals surface area contributed by atoms with E-state index in [1.54, 1.807) is 12.1 Å². The summed E-state index contributed by atoms with van der Waals surface area (Å²) < 4.78 is 5.06. The van der Waals surface area contributed by atoms with E-state index in [0.29, 0.717) is 12.3 Å². The highest BCUT2D eigenvalue weighted by molar-refractivity contribution is 5.91. The second-order valence-corrected chi connectivity index (χ2v) is 5.20. The Labute approximate surface area is 118 Å². The third-order valence-corrected chi connectivity index (χ3v) is 3.69. The summed E-state index contributed by atoms with van der Waals surface area (Å²) in [5.74, 6) is -0.595. The van der Waals surface area contributed by atoms with Gasteiger partial charge in [0.1, 0.15) is 11.3 Å². The number of nitrogens with zero attached hydrogens (tertiary/aromatic N) is 1. The van der Waals surface area contributed by atoms with E-state index >= 15 is 0 Å². The fourth-order valence-corrected chi connectivity index (χ4v) is 2.58. The van der Waals surface area contributed by atoms with E-state index < -0.39 is 5.97 Å². The second kappa shape index (κ2) is 6.72. The van der Waals surface area contributed by atoms with Crippen molar-refractivity contribution < 1.29 is 19.7 Å². The Morgan fingerprint density at radius 3 is 2.90 bits per heavy atom. The van der Waals surface area contributed by atoms with E-state index in [9.17, 15) is 15.0 Å². The maximum atomic E-state index is 11.2. The van der Waals surface area contributed by atoms with Gasteiger partial charge in [0.2, 0.25) is 0 Å². The predicted octanol–water partition coefficient (Wildman–Crippen LogP) is 1.74. The van der Waals surface area contributed by atoms with Crippen LogP contribution < -0.4 is 4.74 Å². The van der Waals surface area contributed by atoms with Gasteiger partial charge in [0.25, 0.3) is 0 Å². The molecule has 0 aliphatic carbocycles. The molecule has 2 rings (SSSR count). The monoisotopic (exact) mass is 279 g/mol. The van der Waals surface area contributed by atoms with E-state index in [1.165, 1.54) is 7.11 Å². The number of carboxylic acids is 1. The summed E-state index contributed by atoms with van der Waals surface area (Å²) in [4.78, 5) is 13.5. The third kappa shape index (κ3) is 3.71. The smallest absolute Gasteiger partial charge is 0.339 e. The molecule has 1 atom stereocenters. The van der Waals surface area contributed by atoms with Crippen molar-refractivity contribution in [3.05, 3.63) is 29.3 Å². The van der Waals surface area contributed by atoms with E-state index in [4.69, 9.17) is 4.74 Å². The lowest BCUT2D eigenvalue weighted by molar-refractivity contribution is 0.0693. The summed E-state index contributed by atoms with van der Waals surface area (Å²) in [6, 6.07) is 5.26. The summed E-state index contributed by atoms with van der Waals surface area (Å²) in [6.45, 7) is 2.48. The summed E-state index contributed by atoms with van der Waals surface area (Å²) >= 11 is 0. The normalized spacial score (nSPS) is 20.4. The maximum Gasteiger partial charge on any atom is 0.339 e. The molecule has 0 radical (unpaired) electrons. The van der Waals surface area contributed by atoms with Crippen LogP contribution in [0.15, 0.2) is 18.2 Å². The number of methoxy groups -OCH3 is 1. The number of rotatable bonds is 4. The fraction of sp³-hybridized carbons (Fsp3) is 0.533. The minimum atomic E-state index is -0.977. The number of aromatic carboxylic acids is 1. The maximum absolute atomic E-state index is 11.2. The van der Waals surface area contributed by atoms with Crippen molar-refractivity contribution in [2.24, 2.45) is 0 Å². The first-order chi connectivity index (χ1) is 9.60. The molecule has 1 heterocycles. The van der Waals surface area contributed by atoms with Crippen LogP contribution in [-0.4, -0.2) is 47.4 Å². The zero-order chi connectivity index (χ0) is 14.5. The van der Waals surface area contributed by atoms with Gasteiger partial charge in [-0.3, -0.25) is 4.90 Å². The molecule has 0 bridgehead atoms. The molecule has 0 aromatic heterocycles. The summed E-state index contributed by atoms with van der Waals surface area (Å²) in [6.07, 6.45) is 2.40. The first kappa shape index (κ1) is 14.8. The number of benzene rings is 1. The number of ether oxygens (including phenoxy) is 1.